The summed E-state index contributed by atoms with van der Waals surface area (Å²) in [5.41, 5.74) is 0. The zero-order valence-corrected chi connectivity index (χ0v) is 11.1. The lowest BCUT2D eigenvalue weighted by molar-refractivity contribution is 0.0758. The number of hydrogen-bond acceptors (Lipinski definition) is 3. The molecule has 3 atom stereocenters. The second-order valence-electron chi connectivity index (χ2n) is 5.66. The summed E-state index contributed by atoms with van der Waals surface area (Å²) in [6, 6.07) is 3.51. The summed E-state index contributed by atoms with van der Waals surface area (Å²) in [5, 5.41) is 3.50. The van der Waals surface area contributed by atoms with Gasteiger partial charge in [0.25, 0.3) is 0 Å². The van der Waals surface area contributed by atoms with Crippen molar-refractivity contribution in [3.8, 4) is 0 Å². The fourth-order valence-electron chi connectivity index (χ4n) is 4.00. The molecule has 3 saturated heterocycles. The van der Waals surface area contributed by atoms with Crippen molar-refractivity contribution < 1.29 is 0 Å². The minimum absolute atomic E-state index is 0.796. The quantitative estimate of drug-likeness (QED) is 0.796. The van der Waals surface area contributed by atoms with Crippen LogP contribution in [-0.4, -0.2) is 47.6 Å². The zero-order chi connectivity index (χ0) is 11.0. The first kappa shape index (κ1) is 11.4. The predicted molar refractivity (Wildman–Crippen MR) is 71.1 cm³/mol. The zero-order valence-electron chi connectivity index (χ0n) is 10.3. The van der Waals surface area contributed by atoms with Crippen LogP contribution in [0.1, 0.15) is 38.5 Å². The van der Waals surface area contributed by atoms with E-state index in [0.29, 0.717) is 0 Å². The molecule has 3 fully saturated rings. The van der Waals surface area contributed by atoms with Gasteiger partial charge in [-0.3, -0.25) is 4.90 Å². The highest BCUT2D eigenvalue weighted by Gasteiger charge is 2.43. The SMILES string of the molecule is CNC1CC2CCC(C1)N2C1CCCSC1. The Morgan fingerprint density at radius 3 is 2.38 bits per heavy atom. The Morgan fingerprint density at radius 1 is 1.06 bits per heavy atom. The van der Waals surface area contributed by atoms with Crippen LogP contribution in [0.25, 0.3) is 0 Å². The summed E-state index contributed by atoms with van der Waals surface area (Å²) in [5.74, 6) is 2.80. The van der Waals surface area contributed by atoms with Gasteiger partial charge in [0.05, 0.1) is 0 Å². The molecule has 3 unspecified atom stereocenters. The third-order valence-electron chi connectivity index (χ3n) is 4.76. The van der Waals surface area contributed by atoms with Gasteiger partial charge in [0.2, 0.25) is 0 Å². The number of rotatable bonds is 2. The number of fused-ring (bicyclic) bond motifs is 2. The molecule has 3 heteroatoms. The van der Waals surface area contributed by atoms with E-state index in [1.54, 1.807) is 0 Å². The molecule has 0 aliphatic carbocycles. The van der Waals surface area contributed by atoms with Crippen molar-refractivity contribution in [1.29, 1.82) is 0 Å². The van der Waals surface area contributed by atoms with Crippen LogP contribution in [0.4, 0.5) is 0 Å². The summed E-state index contributed by atoms with van der Waals surface area (Å²) in [6.07, 6.45) is 8.63. The molecule has 92 valence electrons. The maximum Gasteiger partial charge on any atom is 0.0192 e. The lowest BCUT2D eigenvalue weighted by Gasteiger charge is -2.44. The Kier molecular flexibility index (Phi) is 3.46. The molecule has 1 N–H and O–H groups in total. The molecule has 0 amide bonds. The molecule has 16 heavy (non-hydrogen) atoms. The largest absolute Gasteiger partial charge is 0.317 e. The number of piperidine rings is 1. The first-order chi connectivity index (χ1) is 7.88. The molecule has 0 aromatic heterocycles. The van der Waals surface area contributed by atoms with E-state index < -0.39 is 0 Å². The first-order valence-electron chi connectivity index (χ1n) is 6.91. The molecule has 2 bridgehead atoms. The van der Waals surface area contributed by atoms with Gasteiger partial charge >= 0.3 is 0 Å². The molecule has 0 radical (unpaired) electrons. The highest BCUT2D eigenvalue weighted by atomic mass is 32.2. The second kappa shape index (κ2) is 4.87. The van der Waals surface area contributed by atoms with Crippen molar-refractivity contribution in [3.63, 3.8) is 0 Å². The first-order valence-corrected chi connectivity index (χ1v) is 8.06. The molecule has 0 spiro atoms. The minimum atomic E-state index is 0.796. The topological polar surface area (TPSA) is 15.3 Å². The summed E-state index contributed by atoms with van der Waals surface area (Å²) in [7, 11) is 2.14. The van der Waals surface area contributed by atoms with Crippen LogP contribution < -0.4 is 5.32 Å². The molecule has 3 rings (SSSR count). The average Bonchev–Trinajstić information content (AvgIpc) is 2.61. The van der Waals surface area contributed by atoms with Crippen molar-refractivity contribution in [2.45, 2.75) is 62.7 Å². The van der Waals surface area contributed by atoms with E-state index in [2.05, 4.69) is 29.0 Å². The van der Waals surface area contributed by atoms with E-state index in [0.717, 1.165) is 24.2 Å². The summed E-state index contributed by atoms with van der Waals surface area (Å²) in [6.45, 7) is 0. The molecular weight excluding hydrogens is 216 g/mol. The van der Waals surface area contributed by atoms with Crippen molar-refractivity contribution in [3.05, 3.63) is 0 Å². The smallest absolute Gasteiger partial charge is 0.0192 e. The van der Waals surface area contributed by atoms with Gasteiger partial charge in [-0.2, -0.15) is 11.8 Å². The van der Waals surface area contributed by atoms with Gasteiger partial charge in [-0.1, -0.05) is 0 Å². The third kappa shape index (κ3) is 2.02. The summed E-state index contributed by atoms with van der Waals surface area (Å²) < 4.78 is 0. The second-order valence-corrected chi connectivity index (χ2v) is 6.81. The number of nitrogens with zero attached hydrogens (tertiary/aromatic N) is 1. The van der Waals surface area contributed by atoms with Crippen LogP contribution in [0.5, 0.6) is 0 Å². The molecular formula is C13H24N2S. The number of nitrogens with one attached hydrogen (secondary N) is 1. The molecule has 3 heterocycles. The normalized spacial score (nSPS) is 44.8. The van der Waals surface area contributed by atoms with Crippen LogP contribution >= 0.6 is 11.8 Å². The van der Waals surface area contributed by atoms with Crippen molar-refractivity contribution in [1.82, 2.24) is 10.2 Å². The van der Waals surface area contributed by atoms with E-state index >= 15 is 0 Å². The Labute approximate surface area is 104 Å². The van der Waals surface area contributed by atoms with E-state index in [1.165, 1.54) is 50.0 Å². The van der Waals surface area contributed by atoms with E-state index in [4.69, 9.17) is 0 Å². The van der Waals surface area contributed by atoms with Crippen LogP contribution in [0, 0.1) is 0 Å². The van der Waals surface area contributed by atoms with Crippen LogP contribution in [0.3, 0.4) is 0 Å². The maximum absolute atomic E-state index is 3.50. The molecule has 0 saturated carbocycles. The maximum atomic E-state index is 3.50. The monoisotopic (exact) mass is 240 g/mol. The van der Waals surface area contributed by atoms with Gasteiger partial charge < -0.3 is 5.32 Å². The van der Waals surface area contributed by atoms with E-state index in [-0.39, 0.29) is 0 Å². The molecule has 3 aliphatic heterocycles. The van der Waals surface area contributed by atoms with E-state index in [1.807, 2.05) is 0 Å². The van der Waals surface area contributed by atoms with Crippen LogP contribution in [0.2, 0.25) is 0 Å². The fourth-order valence-corrected chi connectivity index (χ4v) is 5.15. The lowest BCUT2D eigenvalue weighted by atomic mass is 9.94. The van der Waals surface area contributed by atoms with Crippen LogP contribution in [0.15, 0.2) is 0 Å². The van der Waals surface area contributed by atoms with Gasteiger partial charge in [0.15, 0.2) is 0 Å². The van der Waals surface area contributed by atoms with Crippen molar-refractivity contribution in [2.75, 3.05) is 18.6 Å². The standard InChI is InChI=1S/C13H24N2S/c1-14-10-7-11-4-5-12(8-10)15(11)13-3-2-6-16-9-13/h10-14H,2-9H2,1H3. The van der Waals surface area contributed by atoms with Gasteiger partial charge in [0.1, 0.15) is 0 Å². The Hall–Kier alpha value is 0.270. The Balaban J connectivity index is 1.68. The lowest BCUT2D eigenvalue weighted by Crippen LogP contribution is -2.53. The molecule has 0 aromatic carbocycles. The van der Waals surface area contributed by atoms with Gasteiger partial charge in [0, 0.05) is 29.9 Å². The van der Waals surface area contributed by atoms with Gasteiger partial charge in [-0.05, 0) is 51.3 Å². The van der Waals surface area contributed by atoms with Gasteiger partial charge in [-0.25, -0.2) is 0 Å². The summed E-state index contributed by atoms with van der Waals surface area (Å²) in [4.78, 5) is 2.92. The predicted octanol–water partition coefficient (Wildman–Crippen LogP) is 2.10. The van der Waals surface area contributed by atoms with Crippen molar-refractivity contribution in [2.24, 2.45) is 0 Å². The molecule has 2 nitrogen and oxygen atoms in total. The van der Waals surface area contributed by atoms with Crippen LogP contribution in [-0.2, 0) is 0 Å². The highest BCUT2D eigenvalue weighted by Crippen LogP contribution is 2.39. The summed E-state index contributed by atoms with van der Waals surface area (Å²) >= 11 is 2.18. The molecule has 3 aliphatic rings. The third-order valence-corrected chi connectivity index (χ3v) is 5.95. The number of hydrogen-bond donors (Lipinski definition) is 1. The molecule has 0 aromatic rings. The average molecular weight is 240 g/mol. The highest BCUT2D eigenvalue weighted by molar-refractivity contribution is 7.99. The van der Waals surface area contributed by atoms with E-state index in [9.17, 15) is 0 Å². The van der Waals surface area contributed by atoms with Crippen molar-refractivity contribution >= 4 is 11.8 Å². The number of thioether (sulfide) groups is 1. The fraction of sp³-hybridized carbons (Fsp3) is 1.00. The Morgan fingerprint density at radius 2 is 1.81 bits per heavy atom. The van der Waals surface area contributed by atoms with Gasteiger partial charge in [-0.15, -0.1) is 0 Å². The Bertz CT molecular complexity index is 226. The minimum Gasteiger partial charge on any atom is -0.317 e.